The third-order valence-electron chi connectivity index (χ3n) is 3.36. The number of hydrogen-bond acceptors (Lipinski definition) is 2. The fourth-order valence-electron chi connectivity index (χ4n) is 2.26. The lowest BCUT2D eigenvalue weighted by molar-refractivity contribution is 0.0565. The number of nitrogens with one attached hydrogen (secondary N) is 1. The molecule has 4 heteroatoms. The Morgan fingerprint density at radius 2 is 2.12 bits per heavy atom. The lowest BCUT2D eigenvalue weighted by Gasteiger charge is -2.32. The summed E-state index contributed by atoms with van der Waals surface area (Å²) in [6, 6.07) is 3.88. The summed E-state index contributed by atoms with van der Waals surface area (Å²) in [7, 11) is 1.84. The summed E-state index contributed by atoms with van der Waals surface area (Å²) in [5, 5.41) is 9.42. The quantitative estimate of drug-likeness (QED) is 0.794. The molecular formula is C12H18N2O2. The highest BCUT2D eigenvalue weighted by atomic mass is 16.3. The molecule has 1 amide bonds. The highest BCUT2D eigenvalue weighted by Crippen LogP contribution is 2.23. The molecular weight excluding hydrogens is 204 g/mol. The van der Waals surface area contributed by atoms with Gasteiger partial charge in [-0.1, -0.05) is 0 Å². The third-order valence-corrected chi connectivity index (χ3v) is 3.36. The van der Waals surface area contributed by atoms with E-state index in [9.17, 15) is 9.90 Å². The van der Waals surface area contributed by atoms with Gasteiger partial charge in [0, 0.05) is 19.3 Å². The average molecular weight is 222 g/mol. The van der Waals surface area contributed by atoms with Crippen molar-refractivity contribution in [2.24, 2.45) is 0 Å². The Morgan fingerprint density at radius 3 is 2.69 bits per heavy atom. The van der Waals surface area contributed by atoms with Crippen LogP contribution in [-0.2, 0) is 0 Å². The van der Waals surface area contributed by atoms with E-state index in [-0.39, 0.29) is 18.1 Å². The van der Waals surface area contributed by atoms with Crippen molar-refractivity contribution in [2.45, 2.75) is 37.8 Å². The zero-order valence-corrected chi connectivity index (χ0v) is 9.52. The maximum atomic E-state index is 12.0. The smallest absolute Gasteiger partial charge is 0.270 e. The van der Waals surface area contributed by atoms with Gasteiger partial charge in [-0.3, -0.25) is 4.79 Å². The van der Waals surface area contributed by atoms with E-state index < -0.39 is 0 Å². The van der Waals surface area contributed by atoms with E-state index in [4.69, 9.17) is 0 Å². The fourth-order valence-corrected chi connectivity index (χ4v) is 2.26. The summed E-state index contributed by atoms with van der Waals surface area (Å²) in [6.07, 6.45) is 4.96. The Bertz CT molecular complexity index is 340. The SMILES string of the molecule is CN(C(=O)c1ccc[nH]1)C1CCC(O)CC1. The molecule has 1 aromatic rings. The molecule has 0 aromatic carbocycles. The van der Waals surface area contributed by atoms with Crippen molar-refractivity contribution >= 4 is 5.91 Å². The van der Waals surface area contributed by atoms with Gasteiger partial charge in [0.05, 0.1) is 6.10 Å². The molecule has 2 N–H and O–H groups in total. The molecule has 0 spiro atoms. The Balaban J connectivity index is 1.97. The Kier molecular flexibility index (Phi) is 3.29. The van der Waals surface area contributed by atoms with Gasteiger partial charge in [-0.05, 0) is 37.8 Å². The molecule has 16 heavy (non-hydrogen) atoms. The predicted molar refractivity (Wildman–Crippen MR) is 61.1 cm³/mol. The molecule has 0 aliphatic heterocycles. The molecule has 0 radical (unpaired) electrons. The Morgan fingerprint density at radius 1 is 1.44 bits per heavy atom. The highest BCUT2D eigenvalue weighted by molar-refractivity contribution is 5.92. The molecule has 1 aromatic heterocycles. The van der Waals surface area contributed by atoms with Crippen molar-refractivity contribution in [3.8, 4) is 0 Å². The van der Waals surface area contributed by atoms with Crippen LogP contribution in [0.2, 0.25) is 0 Å². The monoisotopic (exact) mass is 222 g/mol. The summed E-state index contributed by atoms with van der Waals surface area (Å²) in [5.41, 5.74) is 0.633. The van der Waals surface area contributed by atoms with Crippen LogP contribution in [0.5, 0.6) is 0 Å². The van der Waals surface area contributed by atoms with Gasteiger partial charge >= 0.3 is 0 Å². The molecule has 1 aliphatic carbocycles. The number of rotatable bonds is 2. The number of aliphatic hydroxyl groups is 1. The Labute approximate surface area is 95.3 Å². The van der Waals surface area contributed by atoms with Gasteiger partial charge in [-0.15, -0.1) is 0 Å². The largest absolute Gasteiger partial charge is 0.393 e. The van der Waals surface area contributed by atoms with E-state index >= 15 is 0 Å². The van der Waals surface area contributed by atoms with Crippen molar-refractivity contribution < 1.29 is 9.90 Å². The van der Waals surface area contributed by atoms with E-state index in [1.54, 1.807) is 17.2 Å². The molecule has 4 nitrogen and oxygen atoms in total. The van der Waals surface area contributed by atoms with Gasteiger partial charge in [0.2, 0.25) is 0 Å². The fraction of sp³-hybridized carbons (Fsp3) is 0.583. The number of amides is 1. The zero-order valence-electron chi connectivity index (χ0n) is 9.52. The van der Waals surface area contributed by atoms with E-state index in [2.05, 4.69) is 4.98 Å². The minimum atomic E-state index is -0.176. The number of aliphatic hydroxyl groups excluding tert-OH is 1. The second kappa shape index (κ2) is 4.70. The summed E-state index contributed by atoms with van der Waals surface area (Å²) < 4.78 is 0. The first-order valence-electron chi connectivity index (χ1n) is 5.77. The van der Waals surface area contributed by atoms with Gasteiger partial charge < -0.3 is 15.0 Å². The minimum absolute atomic E-state index is 0.0337. The maximum absolute atomic E-state index is 12.0. The average Bonchev–Trinajstić information content (AvgIpc) is 2.81. The first-order chi connectivity index (χ1) is 7.68. The van der Waals surface area contributed by atoms with Gasteiger partial charge in [-0.2, -0.15) is 0 Å². The van der Waals surface area contributed by atoms with Crippen LogP contribution in [0.15, 0.2) is 18.3 Å². The van der Waals surface area contributed by atoms with Crippen LogP contribution in [0.4, 0.5) is 0 Å². The molecule has 1 fully saturated rings. The Hall–Kier alpha value is -1.29. The standard InChI is InChI=1S/C12H18N2O2/c1-14(9-4-6-10(15)7-5-9)12(16)11-3-2-8-13-11/h2-3,8-10,13,15H,4-7H2,1H3. The van der Waals surface area contributed by atoms with Crippen molar-refractivity contribution in [3.63, 3.8) is 0 Å². The normalized spacial score (nSPS) is 25.4. The van der Waals surface area contributed by atoms with Gasteiger partial charge in [0.15, 0.2) is 0 Å². The number of aromatic amines is 1. The summed E-state index contributed by atoms with van der Waals surface area (Å²) in [6.45, 7) is 0. The van der Waals surface area contributed by atoms with Crippen molar-refractivity contribution in [3.05, 3.63) is 24.0 Å². The molecule has 1 heterocycles. The molecule has 0 saturated heterocycles. The maximum Gasteiger partial charge on any atom is 0.270 e. The zero-order chi connectivity index (χ0) is 11.5. The summed E-state index contributed by atoms with van der Waals surface area (Å²) >= 11 is 0. The molecule has 0 unspecified atom stereocenters. The predicted octanol–water partition coefficient (Wildman–Crippen LogP) is 1.39. The van der Waals surface area contributed by atoms with Crippen LogP contribution in [-0.4, -0.2) is 40.1 Å². The summed E-state index contributed by atoms with van der Waals surface area (Å²) in [5.74, 6) is 0.0337. The van der Waals surface area contributed by atoms with E-state index in [1.165, 1.54) is 0 Å². The van der Waals surface area contributed by atoms with Gasteiger partial charge in [0.1, 0.15) is 5.69 Å². The van der Waals surface area contributed by atoms with Crippen LogP contribution < -0.4 is 0 Å². The summed E-state index contributed by atoms with van der Waals surface area (Å²) in [4.78, 5) is 16.7. The van der Waals surface area contributed by atoms with Crippen LogP contribution in [0.3, 0.4) is 0 Å². The number of H-pyrrole nitrogens is 1. The first kappa shape index (κ1) is 11.2. The van der Waals surface area contributed by atoms with Crippen LogP contribution in [0, 0.1) is 0 Å². The number of nitrogens with zero attached hydrogens (tertiary/aromatic N) is 1. The van der Waals surface area contributed by atoms with Crippen LogP contribution >= 0.6 is 0 Å². The van der Waals surface area contributed by atoms with E-state index in [1.807, 2.05) is 13.1 Å². The van der Waals surface area contributed by atoms with E-state index in [0.717, 1.165) is 25.7 Å². The number of carbonyl (C=O) groups is 1. The van der Waals surface area contributed by atoms with Crippen LogP contribution in [0.1, 0.15) is 36.2 Å². The topological polar surface area (TPSA) is 56.3 Å². The molecule has 2 rings (SSSR count). The van der Waals surface area contributed by atoms with Crippen molar-refractivity contribution in [1.29, 1.82) is 0 Å². The molecule has 1 aliphatic rings. The minimum Gasteiger partial charge on any atom is -0.393 e. The molecule has 0 atom stereocenters. The number of hydrogen-bond donors (Lipinski definition) is 2. The molecule has 88 valence electrons. The lowest BCUT2D eigenvalue weighted by Crippen LogP contribution is -2.40. The second-order valence-electron chi connectivity index (χ2n) is 4.46. The number of aromatic nitrogens is 1. The van der Waals surface area contributed by atoms with Gasteiger partial charge in [0.25, 0.3) is 5.91 Å². The molecule has 0 bridgehead atoms. The lowest BCUT2D eigenvalue weighted by atomic mass is 9.92. The third kappa shape index (κ3) is 2.27. The van der Waals surface area contributed by atoms with Gasteiger partial charge in [-0.25, -0.2) is 0 Å². The molecule has 1 saturated carbocycles. The van der Waals surface area contributed by atoms with Crippen molar-refractivity contribution in [1.82, 2.24) is 9.88 Å². The number of carbonyl (C=O) groups excluding carboxylic acids is 1. The van der Waals surface area contributed by atoms with Crippen molar-refractivity contribution in [2.75, 3.05) is 7.05 Å². The van der Waals surface area contributed by atoms with E-state index in [0.29, 0.717) is 5.69 Å². The van der Waals surface area contributed by atoms with Crippen LogP contribution in [0.25, 0.3) is 0 Å². The highest BCUT2D eigenvalue weighted by Gasteiger charge is 2.26. The second-order valence-corrected chi connectivity index (χ2v) is 4.46. The first-order valence-corrected chi connectivity index (χ1v) is 5.77.